The summed E-state index contributed by atoms with van der Waals surface area (Å²) >= 11 is 1.58. The highest BCUT2D eigenvalue weighted by Gasteiger charge is 2.21. The van der Waals surface area contributed by atoms with Crippen LogP contribution >= 0.6 is 11.3 Å². The van der Waals surface area contributed by atoms with Gasteiger partial charge in [-0.25, -0.2) is 4.98 Å². The Bertz CT molecular complexity index is 704. The van der Waals surface area contributed by atoms with E-state index in [2.05, 4.69) is 17.2 Å². The molecular weight excluding hydrogens is 312 g/mol. The van der Waals surface area contributed by atoms with Crippen molar-refractivity contribution < 1.29 is 14.3 Å². The molecule has 0 bridgehead atoms. The predicted octanol–water partition coefficient (Wildman–Crippen LogP) is 3.54. The monoisotopic (exact) mass is 332 g/mol. The van der Waals surface area contributed by atoms with Gasteiger partial charge in [-0.15, -0.1) is 11.3 Å². The Balaban J connectivity index is 1.79. The maximum Gasteiger partial charge on any atom is 0.257 e. The number of nitrogens with zero attached hydrogens (tertiary/aromatic N) is 1. The molecule has 1 aliphatic rings. The quantitative estimate of drug-likeness (QED) is 0.930. The number of anilines is 1. The van der Waals surface area contributed by atoms with Gasteiger partial charge in [-0.3, -0.25) is 10.1 Å². The topological polar surface area (TPSA) is 60.5 Å². The summed E-state index contributed by atoms with van der Waals surface area (Å²) in [7, 11) is 3.12. The lowest BCUT2D eigenvalue weighted by Gasteiger charge is -2.15. The second-order valence-corrected chi connectivity index (χ2v) is 6.88. The average molecular weight is 332 g/mol. The van der Waals surface area contributed by atoms with Crippen LogP contribution in [0.25, 0.3) is 0 Å². The highest BCUT2D eigenvalue weighted by atomic mass is 32.1. The zero-order valence-corrected chi connectivity index (χ0v) is 14.3. The molecule has 23 heavy (non-hydrogen) atoms. The molecule has 1 amide bonds. The Morgan fingerprint density at radius 3 is 2.61 bits per heavy atom. The molecule has 0 fully saturated rings. The zero-order chi connectivity index (χ0) is 16.4. The van der Waals surface area contributed by atoms with Crippen molar-refractivity contribution in [3.63, 3.8) is 0 Å². The summed E-state index contributed by atoms with van der Waals surface area (Å²) in [4.78, 5) is 18.3. The minimum Gasteiger partial charge on any atom is -0.497 e. The molecule has 2 aromatic rings. The minimum absolute atomic E-state index is 0.207. The molecule has 5 nitrogen and oxygen atoms in total. The highest BCUT2D eigenvalue weighted by molar-refractivity contribution is 7.15. The van der Waals surface area contributed by atoms with Gasteiger partial charge in [-0.05, 0) is 37.3 Å². The third-order valence-electron chi connectivity index (χ3n) is 4.02. The Kier molecular flexibility index (Phi) is 4.52. The SMILES string of the molecule is COc1cc(OC)cc(C(=O)Nc2nc3c(s2)CC(C)CC3)c1. The first-order valence-corrected chi connectivity index (χ1v) is 8.43. The number of methoxy groups -OCH3 is 2. The molecule has 0 saturated heterocycles. The summed E-state index contributed by atoms with van der Waals surface area (Å²) in [6.07, 6.45) is 3.21. The van der Waals surface area contributed by atoms with Crippen LogP contribution in [0.4, 0.5) is 5.13 Å². The third kappa shape index (κ3) is 3.47. The summed E-state index contributed by atoms with van der Waals surface area (Å²) in [5, 5.41) is 3.55. The van der Waals surface area contributed by atoms with Crippen molar-refractivity contribution in [3.8, 4) is 11.5 Å². The van der Waals surface area contributed by atoms with E-state index >= 15 is 0 Å². The first-order valence-electron chi connectivity index (χ1n) is 7.62. The predicted molar refractivity (Wildman–Crippen MR) is 90.8 cm³/mol. The van der Waals surface area contributed by atoms with Crippen LogP contribution < -0.4 is 14.8 Å². The van der Waals surface area contributed by atoms with Crippen LogP contribution in [0.1, 0.15) is 34.3 Å². The van der Waals surface area contributed by atoms with Gasteiger partial charge in [-0.2, -0.15) is 0 Å². The van der Waals surface area contributed by atoms with E-state index in [-0.39, 0.29) is 5.91 Å². The van der Waals surface area contributed by atoms with Crippen LogP contribution in [0.2, 0.25) is 0 Å². The van der Waals surface area contributed by atoms with Gasteiger partial charge in [-0.1, -0.05) is 6.92 Å². The molecule has 0 aliphatic heterocycles. The number of benzene rings is 1. The van der Waals surface area contributed by atoms with Crippen molar-refractivity contribution in [2.45, 2.75) is 26.2 Å². The lowest BCUT2D eigenvalue weighted by molar-refractivity contribution is 0.102. The van der Waals surface area contributed by atoms with Gasteiger partial charge in [0.15, 0.2) is 5.13 Å². The number of hydrogen-bond acceptors (Lipinski definition) is 5. The van der Waals surface area contributed by atoms with Gasteiger partial charge >= 0.3 is 0 Å². The zero-order valence-electron chi connectivity index (χ0n) is 13.5. The molecule has 1 heterocycles. The number of amides is 1. The molecule has 1 unspecified atom stereocenters. The molecule has 1 aliphatic carbocycles. The van der Waals surface area contributed by atoms with Crippen molar-refractivity contribution >= 4 is 22.4 Å². The molecule has 0 saturated carbocycles. The fourth-order valence-electron chi connectivity index (χ4n) is 2.70. The van der Waals surface area contributed by atoms with Crippen LogP contribution in [0.15, 0.2) is 18.2 Å². The number of carbonyl (C=O) groups is 1. The van der Waals surface area contributed by atoms with Crippen molar-refractivity contribution in [1.82, 2.24) is 4.98 Å². The first kappa shape index (κ1) is 15.8. The Labute approximate surface area is 139 Å². The Morgan fingerprint density at radius 2 is 1.96 bits per heavy atom. The van der Waals surface area contributed by atoms with E-state index in [1.165, 1.54) is 4.88 Å². The van der Waals surface area contributed by atoms with Crippen molar-refractivity contribution in [2.24, 2.45) is 5.92 Å². The van der Waals surface area contributed by atoms with E-state index in [9.17, 15) is 4.79 Å². The lowest BCUT2D eigenvalue weighted by Crippen LogP contribution is -2.12. The van der Waals surface area contributed by atoms with Crippen molar-refractivity contribution in [2.75, 3.05) is 19.5 Å². The van der Waals surface area contributed by atoms with Crippen molar-refractivity contribution in [1.29, 1.82) is 0 Å². The molecule has 122 valence electrons. The lowest BCUT2D eigenvalue weighted by atomic mass is 9.93. The summed E-state index contributed by atoms with van der Waals surface area (Å²) in [6, 6.07) is 5.11. The Hall–Kier alpha value is -2.08. The number of ether oxygens (including phenoxy) is 2. The van der Waals surface area contributed by atoms with E-state index in [1.54, 1.807) is 43.8 Å². The number of aryl methyl sites for hydroxylation is 1. The minimum atomic E-state index is -0.207. The van der Waals surface area contributed by atoms with Crippen LogP contribution in [-0.2, 0) is 12.8 Å². The number of nitrogens with one attached hydrogen (secondary N) is 1. The second-order valence-electron chi connectivity index (χ2n) is 5.79. The van der Waals surface area contributed by atoms with Gasteiger partial charge in [0.1, 0.15) is 11.5 Å². The number of rotatable bonds is 4. The maximum atomic E-state index is 12.5. The van der Waals surface area contributed by atoms with Gasteiger partial charge in [0.05, 0.1) is 19.9 Å². The van der Waals surface area contributed by atoms with Crippen LogP contribution in [0.5, 0.6) is 11.5 Å². The molecule has 1 aromatic heterocycles. The molecule has 1 atom stereocenters. The largest absolute Gasteiger partial charge is 0.497 e. The fraction of sp³-hybridized carbons (Fsp3) is 0.412. The van der Waals surface area contributed by atoms with Crippen LogP contribution in [0, 0.1) is 5.92 Å². The number of aromatic nitrogens is 1. The molecule has 6 heteroatoms. The van der Waals surface area contributed by atoms with Gasteiger partial charge < -0.3 is 9.47 Å². The first-order chi connectivity index (χ1) is 11.1. The molecule has 1 aromatic carbocycles. The second kappa shape index (κ2) is 6.58. The summed E-state index contributed by atoms with van der Waals surface area (Å²) < 4.78 is 10.4. The summed E-state index contributed by atoms with van der Waals surface area (Å²) in [6.45, 7) is 2.25. The Morgan fingerprint density at radius 1 is 1.26 bits per heavy atom. The summed E-state index contributed by atoms with van der Waals surface area (Å²) in [5.41, 5.74) is 1.62. The number of fused-ring (bicyclic) bond motifs is 1. The van der Waals surface area contributed by atoms with Gasteiger partial charge in [0.2, 0.25) is 0 Å². The third-order valence-corrected chi connectivity index (χ3v) is 5.06. The molecule has 0 spiro atoms. The smallest absolute Gasteiger partial charge is 0.257 e. The molecular formula is C17H20N2O3S. The molecule has 0 radical (unpaired) electrons. The summed E-state index contributed by atoms with van der Waals surface area (Å²) in [5.74, 6) is 1.65. The molecule has 1 N–H and O–H groups in total. The van der Waals surface area contributed by atoms with E-state index < -0.39 is 0 Å². The van der Waals surface area contributed by atoms with Crippen LogP contribution in [-0.4, -0.2) is 25.1 Å². The molecule has 3 rings (SSSR count). The highest BCUT2D eigenvalue weighted by Crippen LogP contribution is 2.32. The fourth-order valence-corrected chi connectivity index (χ4v) is 3.87. The van der Waals surface area contributed by atoms with E-state index in [0.717, 1.165) is 25.0 Å². The van der Waals surface area contributed by atoms with Crippen molar-refractivity contribution in [3.05, 3.63) is 34.3 Å². The normalized spacial score (nSPS) is 16.6. The average Bonchev–Trinajstić information content (AvgIpc) is 2.95. The number of thiazole rings is 1. The van der Waals surface area contributed by atoms with Gasteiger partial charge in [0.25, 0.3) is 5.91 Å². The van der Waals surface area contributed by atoms with E-state index in [4.69, 9.17) is 9.47 Å². The standard InChI is InChI=1S/C17H20N2O3S/c1-10-4-5-14-15(6-10)23-17(18-14)19-16(20)11-7-12(21-2)9-13(8-11)22-3/h7-10H,4-6H2,1-3H3,(H,18,19,20). The van der Waals surface area contributed by atoms with E-state index in [1.807, 2.05) is 0 Å². The van der Waals surface area contributed by atoms with Crippen LogP contribution in [0.3, 0.4) is 0 Å². The maximum absolute atomic E-state index is 12.5. The van der Waals surface area contributed by atoms with E-state index in [0.29, 0.717) is 28.1 Å². The number of carbonyl (C=O) groups excluding carboxylic acids is 1. The van der Waals surface area contributed by atoms with Gasteiger partial charge in [0, 0.05) is 16.5 Å². The number of hydrogen-bond donors (Lipinski definition) is 1.